The molecule has 0 radical (unpaired) electrons. The average Bonchev–Trinajstić information content (AvgIpc) is 3.29. The zero-order chi connectivity index (χ0) is 23.7. The van der Waals surface area contributed by atoms with Crippen molar-refractivity contribution >= 4 is 10.9 Å². The topological polar surface area (TPSA) is 98.2 Å². The zero-order valence-electron chi connectivity index (χ0n) is 19.6. The molecule has 0 aliphatic carbocycles. The van der Waals surface area contributed by atoms with E-state index in [1.807, 2.05) is 43.3 Å². The molecular formula is C25H28N6O3. The number of H-pyrrole nitrogens is 1. The first-order valence-electron chi connectivity index (χ1n) is 11.4. The van der Waals surface area contributed by atoms with Crippen LogP contribution in [0.1, 0.15) is 34.1 Å². The van der Waals surface area contributed by atoms with Crippen LogP contribution in [0.3, 0.4) is 0 Å². The highest BCUT2D eigenvalue weighted by atomic mass is 16.5. The average molecular weight is 461 g/mol. The molecule has 2 aromatic heterocycles. The van der Waals surface area contributed by atoms with Gasteiger partial charge in [-0.1, -0.05) is 12.1 Å². The minimum Gasteiger partial charge on any atom is -0.497 e. The fraction of sp³-hybridized carbons (Fsp3) is 0.360. The van der Waals surface area contributed by atoms with Crippen molar-refractivity contribution < 1.29 is 9.47 Å². The second kappa shape index (κ2) is 9.36. The number of aromatic amines is 1. The van der Waals surface area contributed by atoms with Crippen molar-refractivity contribution in [3.63, 3.8) is 0 Å². The van der Waals surface area contributed by atoms with Crippen molar-refractivity contribution in [3.8, 4) is 5.75 Å². The molecule has 0 unspecified atom stereocenters. The number of aryl methyl sites for hydroxylation is 2. The number of aromatic nitrogens is 5. The first-order valence-corrected chi connectivity index (χ1v) is 11.4. The summed E-state index contributed by atoms with van der Waals surface area (Å²) in [7, 11) is 1.64. The number of hydrogen-bond donors (Lipinski definition) is 1. The number of rotatable bonds is 6. The third-order valence-corrected chi connectivity index (χ3v) is 6.49. The molecule has 1 saturated heterocycles. The van der Waals surface area contributed by atoms with Crippen LogP contribution in [0.25, 0.3) is 10.9 Å². The number of hydrogen-bond acceptors (Lipinski definition) is 7. The third kappa shape index (κ3) is 4.32. The summed E-state index contributed by atoms with van der Waals surface area (Å²) in [5.74, 6) is 1.42. The van der Waals surface area contributed by atoms with Crippen LogP contribution in [0.5, 0.6) is 5.75 Å². The summed E-state index contributed by atoms with van der Waals surface area (Å²) in [6.45, 7) is 7.17. The van der Waals surface area contributed by atoms with Crippen molar-refractivity contribution in [1.29, 1.82) is 0 Å². The van der Waals surface area contributed by atoms with Crippen molar-refractivity contribution in [2.45, 2.75) is 26.4 Å². The standard InChI is InChI=1S/C25H28N6O3/c1-16-12-19-14-21(25(32)26-22(19)13-17(16)2)23(30-8-10-34-11-9-30)24-27-28-29-31(24)15-18-4-6-20(33-3)7-5-18/h4-7,12-14,23H,8-11,15H2,1-3H3,(H,26,32)/t23-/m0/s1. The molecule has 176 valence electrons. The first kappa shape index (κ1) is 22.2. The van der Waals surface area contributed by atoms with Crippen LogP contribution < -0.4 is 10.3 Å². The molecule has 9 heteroatoms. The SMILES string of the molecule is COc1ccc(Cn2nnnc2[C@H](c2cc3cc(C)c(C)cc3[nH]c2=O)N2CCOCC2)cc1. The van der Waals surface area contributed by atoms with E-state index in [1.54, 1.807) is 11.8 Å². The molecule has 0 bridgehead atoms. The lowest BCUT2D eigenvalue weighted by Crippen LogP contribution is -2.42. The molecule has 1 aliphatic heterocycles. The molecule has 3 heterocycles. The summed E-state index contributed by atoms with van der Waals surface area (Å²) in [6, 6.07) is 13.5. The number of methoxy groups -OCH3 is 1. The Morgan fingerprint density at radius 2 is 1.82 bits per heavy atom. The van der Waals surface area contributed by atoms with Gasteiger partial charge >= 0.3 is 0 Å². The smallest absolute Gasteiger partial charge is 0.253 e. The van der Waals surface area contributed by atoms with Gasteiger partial charge in [-0.05, 0) is 76.7 Å². The van der Waals surface area contributed by atoms with Crippen LogP contribution in [0.2, 0.25) is 0 Å². The largest absolute Gasteiger partial charge is 0.497 e. The van der Waals surface area contributed by atoms with Crippen molar-refractivity contribution in [3.05, 3.63) is 80.9 Å². The second-order valence-electron chi connectivity index (χ2n) is 8.67. The molecule has 34 heavy (non-hydrogen) atoms. The number of nitrogens with one attached hydrogen (secondary N) is 1. The number of tetrazole rings is 1. The van der Waals surface area contributed by atoms with Crippen molar-refractivity contribution in [2.24, 2.45) is 0 Å². The van der Waals surface area contributed by atoms with Crippen LogP contribution in [0.4, 0.5) is 0 Å². The van der Waals surface area contributed by atoms with Gasteiger partial charge in [0.25, 0.3) is 5.56 Å². The lowest BCUT2D eigenvalue weighted by molar-refractivity contribution is 0.0214. The predicted molar refractivity (Wildman–Crippen MR) is 128 cm³/mol. The van der Waals surface area contributed by atoms with E-state index in [0.29, 0.717) is 44.2 Å². The van der Waals surface area contributed by atoms with Gasteiger partial charge in [0.15, 0.2) is 5.82 Å². The number of ether oxygens (including phenoxy) is 2. The molecule has 9 nitrogen and oxygen atoms in total. The number of benzene rings is 2. The van der Waals surface area contributed by atoms with Crippen LogP contribution in [-0.2, 0) is 11.3 Å². The van der Waals surface area contributed by atoms with E-state index in [0.717, 1.165) is 27.8 Å². The molecule has 0 amide bonds. The van der Waals surface area contributed by atoms with E-state index < -0.39 is 6.04 Å². The molecule has 5 rings (SSSR count). The van der Waals surface area contributed by atoms with Crippen LogP contribution in [0, 0.1) is 13.8 Å². The predicted octanol–water partition coefficient (Wildman–Crippen LogP) is 2.61. The van der Waals surface area contributed by atoms with Gasteiger partial charge in [0.2, 0.25) is 0 Å². The number of nitrogens with zero attached hydrogens (tertiary/aromatic N) is 5. The lowest BCUT2D eigenvalue weighted by Gasteiger charge is -2.33. The van der Waals surface area contributed by atoms with E-state index in [-0.39, 0.29) is 5.56 Å². The van der Waals surface area contributed by atoms with Gasteiger partial charge in [-0.15, -0.1) is 5.10 Å². The molecule has 2 aromatic carbocycles. The molecule has 4 aromatic rings. The fourth-order valence-corrected chi connectivity index (χ4v) is 4.46. The Hall–Kier alpha value is -3.56. The molecule has 1 aliphatic rings. The Morgan fingerprint density at radius 3 is 2.56 bits per heavy atom. The number of pyridine rings is 1. The maximum absolute atomic E-state index is 13.3. The molecule has 0 saturated carbocycles. The Kier molecular flexibility index (Phi) is 6.12. The van der Waals surface area contributed by atoms with Crippen LogP contribution in [0.15, 0.2) is 47.3 Å². The van der Waals surface area contributed by atoms with Crippen LogP contribution >= 0.6 is 0 Å². The summed E-state index contributed by atoms with van der Waals surface area (Å²) >= 11 is 0. The minimum absolute atomic E-state index is 0.133. The molecule has 1 atom stereocenters. The molecular weight excluding hydrogens is 432 g/mol. The van der Waals surface area contributed by atoms with Crippen molar-refractivity contribution in [2.75, 3.05) is 33.4 Å². The van der Waals surface area contributed by atoms with Crippen molar-refractivity contribution in [1.82, 2.24) is 30.1 Å². The van der Waals surface area contributed by atoms with Gasteiger partial charge in [-0.2, -0.15) is 0 Å². The fourth-order valence-electron chi connectivity index (χ4n) is 4.46. The maximum atomic E-state index is 13.3. The Balaban J connectivity index is 1.59. The van der Waals surface area contributed by atoms with E-state index in [4.69, 9.17) is 9.47 Å². The summed E-state index contributed by atoms with van der Waals surface area (Å²) in [4.78, 5) is 18.6. The Bertz CT molecular complexity index is 1360. The van der Waals surface area contributed by atoms with Gasteiger partial charge in [-0.3, -0.25) is 9.69 Å². The summed E-state index contributed by atoms with van der Waals surface area (Å²) in [5, 5.41) is 13.6. The summed E-state index contributed by atoms with van der Waals surface area (Å²) in [5.41, 5.74) is 4.68. The van der Waals surface area contributed by atoms with Gasteiger partial charge in [0, 0.05) is 24.2 Å². The first-order chi connectivity index (χ1) is 16.5. The summed E-state index contributed by atoms with van der Waals surface area (Å²) in [6.07, 6.45) is 0. The Morgan fingerprint density at radius 1 is 1.09 bits per heavy atom. The highest BCUT2D eigenvalue weighted by molar-refractivity contribution is 5.81. The highest BCUT2D eigenvalue weighted by Gasteiger charge is 2.31. The van der Waals surface area contributed by atoms with E-state index >= 15 is 0 Å². The number of fused-ring (bicyclic) bond motifs is 1. The highest BCUT2D eigenvalue weighted by Crippen LogP contribution is 2.28. The Labute approximate surface area is 197 Å². The van der Waals surface area contributed by atoms with E-state index in [2.05, 4.69) is 38.4 Å². The third-order valence-electron chi connectivity index (χ3n) is 6.49. The van der Waals surface area contributed by atoms with E-state index in [9.17, 15) is 4.79 Å². The normalized spacial score (nSPS) is 15.5. The van der Waals surface area contributed by atoms with Gasteiger partial charge in [0.1, 0.15) is 11.8 Å². The van der Waals surface area contributed by atoms with Gasteiger partial charge in [-0.25, -0.2) is 4.68 Å². The quantitative estimate of drug-likeness (QED) is 0.472. The summed E-state index contributed by atoms with van der Waals surface area (Å²) < 4.78 is 12.6. The monoisotopic (exact) mass is 460 g/mol. The zero-order valence-corrected chi connectivity index (χ0v) is 19.6. The van der Waals surface area contributed by atoms with Gasteiger partial charge < -0.3 is 14.5 Å². The van der Waals surface area contributed by atoms with Crippen LogP contribution in [-0.4, -0.2) is 63.5 Å². The second-order valence-corrected chi connectivity index (χ2v) is 8.67. The van der Waals surface area contributed by atoms with Gasteiger partial charge in [0.05, 0.1) is 26.9 Å². The number of morpholine rings is 1. The molecule has 1 fully saturated rings. The maximum Gasteiger partial charge on any atom is 0.253 e. The van der Waals surface area contributed by atoms with E-state index in [1.165, 1.54) is 5.56 Å². The minimum atomic E-state index is -0.396. The lowest BCUT2D eigenvalue weighted by atomic mass is 10.0. The molecule has 0 spiro atoms. The molecule has 1 N–H and O–H groups in total.